The molecule has 0 aliphatic rings. The van der Waals surface area contributed by atoms with Gasteiger partial charge in [0.15, 0.2) is 0 Å². The minimum Gasteiger partial charge on any atom is -0.459 e. The molecule has 0 aliphatic carbocycles. The van der Waals surface area contributed by atoms with Gasteiger partial charge < -0.3 is 9.73 Å². The van der Waals surface area contributed by atoms with Crippen molar-refractivity contribution in [1.29, 1.82) is 0 Å². The van der Waals surface area contributed by atoms with E-state index in [0.717, 1.165) is 24.4 Å². The molecule has 0 aliphatic heterocycles. The first-order chi connectivity index (χ1) is 8.08. The number of aryl methyl sites for hydroxylation is 2. The Balaban J connectivity index is 2.17. The van der Waals surface area contributed by atoms with Crippen LogP contribution < -0.4 is 5.32 Å². The highest BCUT2D eigenvalue weighted by Gasteiger charge is 2.07. The van der Waals surface area contributed by atoms with Crippen molar-refractivity contribution in [2.75, 3.05) is 6.54 Å². The van der Waals surface area contributed by atoms with Crippen LogP contribution in [0.4, 0.5) is 0 Å². The van der Waals surface area contributed by atoms with Crippen molar-refractivity contribution in [3.05, 3.63) is 35.1 Å². The third kappa shape index (κ3) is 2.70. The molecule has 92 valence electrons. The molecule has 1 aromatic heterocycles. The van der Waals surface area contributed by atoms with Gasteiger partial charge in [0.1, 0.15) is 11.3 Å². The fourth-order valence-corrected chi connectivity index (χ4v) is 1.97. The van der Waals surface area contributed by atoms with Gasteiger partial charge in [0.25, 0.3) is 0 Å². The van der Waals surface area contributed by atoms with Crippen LogP contribution >= 0.6 is 0 Å². The highest BCUT2D eigenvalue weighted by molar-refractivity contribution is 5.82. The van der Waals surface area contributed by atoms with Crippen molar-refractivity contribution >= 4 is 11.0 Å². The third-order valence-electron chi connectivity index (χ3n) is 3.11. The predicted octanol–water partition coefficient (Wildman–Crippen LogP) is 3.80. The maximum atomic E-state index is 5.90. The molecule has 2 nitrogen and oxygen atoms in total. The molecule has 0 saturated heterocycles. The van der Waals surface area contributed by atoms with Crippen molar-refractivity contribution in [3.8, 4) is 0 Å². The molecule has 0 amide bonds. The molecule has 0 fully saturated rings. The number of furan rings is 1. The Morgan fingerprint density at radius 2 is 2.00 bits per heavy atom. The molecule has 0 atom stereocenters. The van der Waals surface area contributed by atoms with E-state index in [9.17, 15) is 0 Å². The maximum Gasteiger partial charge on any atom is 0.137 e. The van der Waals surface area contributed by atoms with Gasteiger partial charge in [-0.15, -0.1) is 0 Å². The van der Waals surface area contributed by atoms with Crippen LogP contribution in [-0.4, -0.2) is 6.54 Å². The summed E-state index contributed by atoms with van der Waals surface area (Å²) in [5, 5.41) is 4.61. The molecule has 1 N–H and O–H groups in total. The highest BCUT2D eigenvalue weighted by atomic mass is 16.3. The Morgan fingerprint density at radius 1 is 1.24 bits per heavy atom. The summed E-state index contributed by atoms with van der Waals surface area (Å²) in [6.45, 7) is 10.5. The lowest BCUT2D eigenvalue weighted by Gasteiger charge is -2.04. The van der Waals surface area contributed by atoms with Gasteiger partial charge in [-0.1, -0.05) is 26.0 Å². The molecular formula is C15H21NO. The summed E-state index contributed by atoms with van der Waals surface area (Å²) in [5.74, 6) is 1.69. The van der Waals surface area contributed by atoms with Crippen molar-refractivity contribution in [1.82, 2.24) is 5.32 Å². The number of benzene rings is 1. The lowest BCUT2D eigenvalue weighted by molar-refractivity contribution is 0.484. The zero-order valence-corrected chi connectivity index (χ0v) is 11.1. The monoisotopic (exact) mass is 231 g/mol. The van der Waals surface area contributed by atoms with E-state index in [0.29, 0.717) is 5.92 Å². The van der Waals surface area contributed by atoms with Crippen LogP contribution in [0.1, 0.15) is 30.7 Å². The number of hydrogen-bond donors (Lipinski definition) is 1. The van der Waals surface area contributed by atoms with Gasteiger partial charge in [-0.2, -0.15) is 0 Å². The molecular weight excluding hydrogens is 210 g/mol. The van der Waals surface area contributed by atoms with E-state index in [1.807, 2.05) is 0 Å². The highest BCUT2D eigenvalue weighted by Crippen LogP contribution is 2.24. The lowest BCUT2D eigenvalue weighted by atomic mass is 10.1. The minimum absolute atomic E-state index is 0.670. The molecule has 1 heterocycles. The summed E-state index contributed by atoms with van der Waals surface area (Å²) < 4.78 is 5.90. The van der Waals surface area contributed by atoms with E-state index in [2.05, 4.69) is 51.2 Å². The fourth-order valence-electron chi connectivity index (χ4n) is 1.97. The quantitative estimate of drug-likeness (QED) is 0.866. The normalized spacial score (nSPS) is 11.6. The minimum atomic E-state index is 0.670. The van der Waals surface area contributed by atoms with Crippen LogP contribution in [0.3, 0.4) is 0 Å². The van der Waals surface area contributed by atoms with E-state index in [4.69, 9.17) is 4.42 Å². The number of hydrogen-bond acceptors (Lipinski definition) is 2. The summed E-state index contributed by atoms with van der Waals surface area (Å²) in [6.07, 6.45) is 0. The van der Waals surface area contributed by atoms with Gasteiger partial charge in [0, 0.05) is 5.39 Å². The summed E-state index contributed by atoms with van der Waals surface area (Å²) in [7, 11) is 0. The fraction of sp³-hybridized carbons (Fsp3) is 0.467. The van der Waals surface area contributed by atoms with Crippen LogP contribution in [0, 0.1) is 19.8 Å². The number of fused-ring (bicyclic) bond motifs is 1. The molecule has 2 heteroatoms. The Bertz CT molecular complexity index is 511. The number of nitrogens with one attached hydrogen (secondary N) is 1. The Hall–Kier alpha value is -1.28. The van der Waals surface area contributed by atoms with E-state index in [-0.39, 0.29) is 0 Å². The Morgan fingerprint density at radius 3 is 2.71 bits per heavy atom. The van der Waals surface area contributed by atoms with E-state index in [1.54, 1.807) is 0 Å². The zero-order chi connectivity index (χ0) is 12.4. The molecule has 0 spiro atoms. The van der Waals surface area contributed by atoms with Gasteiger partial charge in [-0.05, 0) is 43.5 Å². The van der Waals surface area contributed by atoms with Crippen molar-refractivity contribution in [3.63, 3.8) is 0 Å². The van der Waals surface area contributed by atoms with Crippen LogP contribution in [0.25, 0.3) is 11.0 Å². The third-order valence-corrected chi connectivity index (χ3v) is 3.11. The molecule has 0 radical (unpaired) electrons. The lowest BCUT2D eigenvalue weighted by Crippen LogP contribution is -2.18. The number of rotatable bonds is 4. The van der Waals surface area contributed by atoms with Gasteiger partial charge in [0.05, 0.1) is 6.54 Å². The SMILES string of the molecule is Cc1ccc2cc(CNCC(C)C)oc2c1C. The van der Waals surface area contributed by atoms with Crippen LogP contribution in [0.15, 0.2) is 22.6 Å². The topological polar surface area (TPSA) is 25.2 Å². The Kier molecular flexibility index (Phi) is 3.53. The molecule has 0 saturated carbocycles. The second kappa shape index (κ2) is 4.92. The first kappa shape index (κ1) is 12.2. The summed E-state index contributed by atoms with van der Waals surface area (Å²) >= 11 is 0. The van der Waals surface area contributed by atoms with Gasteiger partial charge in [0.2, 0.25) is 0 Å². The van der Waals surface area contributed by atoms with Crippen molar-refractivity contribution in [2.24, 2.45) is 5.92 Å². The molecule has 2 rings (SSSR count). The van der Waals surface area contributed by atoms with Crippen LogP contribution in [0.5, 0.6) is 0 Å². The van der Waals surface area contributed by atoms with Crippen molar-refractivity contribution < 1.29 is 4.42 Å². The molecule has 0 bridgehead atoms. The average molecular weight is 231 g/mol. The summed E-state index contributed by atoms with van der Waals surface area (Å²) in [4.78, 5) is 0. The van der Waals surface area contributed by atoms with Crippen LogP contribution in [0.2, 0.25) is 0 Å². The Labute approximate surface area is 103 Å². The zero-order valence-electron chi connectivity index (χ0n) is 11.1. The maximum absolute atomic E-state index is 5.90. The van der Waals surface area contributed by atoms with Gasteiger partial charge in [-0.3, -0.25) is 0 Å². The smallest absolute Gasteiger partial charge is 0.137 e. The van der Waals surface area contributed by atoms with E-state index in [1.165, 1.54) is 16.5 Å². The van der Waals surface area contributed by atoms with E-state index < -0.39 is 0 Å². The first-order valence-corrected chi connectivity index (χ1v) is 6.27. The van der Waals surface area contributed by atoms with Gasteiger partial charge >= 0.3 is 0 Å². The van der Waals surface area contributed by atoms with Crippen molar-refractivity contribution in [2.45, 2.75) is 34.2 Å². The first-order valence-electron chi connectivity index (χ1n) is 6.27. The average Bonchev–Trinajstić information content (AvgIpc) is 2.67. The molecule has 1 aromatic carbocycles. The predicted molar refractivity (Wildman–Crippen MR) is 72.2 cm³/mol. The second-order valence-corrected chi connectivity index (χ2v) is 5.16. The molecule has 0 unspecified atom stereocenters. The standard InChI is InChI=1S/C15H21NO/c1-10(2)8-16-9-14-7-13-6-5-11(3)12(4)15(13)17-14/h5-7,10,16H,8-9H2,1-4H3. The van der Waals surface area contributed by atoms with Gasteiger partial charge in [-0.25, -0.2) is 0 Å². The second-order valence-electron chi connectivity index (χ2n) is 5.16. The summed E-state index contributed by atoms with van der Waals surface area (Å²) in [6, 6.07) is 6.42. The largest absolute Gasteiger partial charge is 0.459 e. The summed E-state index contributed by atoms with van der Waals surface area (Å²) in [5.41, 5.74) is 3.57. The molecule has 2 aromatic rings. The molecule has 17 heavy (non-hydrogen) atoms. The van der Waals surface area contributed by atoms with Crippen LogP contribution in [-0.2, 0) is 6.54 Å². The van der Waals surface area contributed by atoms with E-state index >= 15 is 0 Å².